The van der Waals surface area contributed by atoms with Crippen molar-refractivity contribution in [2.45, 2.75) is 25.4 Å². The monoisotopic (exact) mass is 286 g/mol. The normalized spacial score (nSPS) is 17.0. The number of rotatable bonds is 4. The molecule has 0 saturated carbocycles. The summed E-state index contributed by atoms with van der Waals surface area (Å²) >= 11 is 0. The Morgan fingerprint density at radius 2 is 1.90 bits per heavy atom. The lowest BCUT2D eigenvalue weighted by Crippen LogP contribution is -2.34. The van der Waals surface area contributed by atoms with Crippen LogP contribution >= 0.6 is 0 Å². The van der Waals surface area contributed by atoms with Gasteiger partial charge in [0.25, 0.3) is 0 Å². The molecule has 21 heavy (non-hydrogen) atoms. The fraction of sp³-hybridized carbons (Fsp3) is 0.438. The van der Waals surface area contributed by atoms with Gasteiger partial charge in [0.05, 0.1) is 13.2 Å². The van der Waals surface area contributed by atoms with Gasteiger partial charge in [-0.05, 0) is 36.6 Å². The fourth-order valence-corrected chi connectivity index (χ4v) is 2.89. The summed E-state index contributed by atoms with van der Waals surface area (Å²) in [5, 5.41) is 4.32. The van der Waals surface area contributed by atoms with Crippen LogP contribution in [0.5, 0.6) is 5.75 Å². The minimum Gasteiger partial charge on any atom is -0.497 e. The fourth-order valence-electron chi connectivity index (χ4n) is 2.89. The van der Waals surface area contributed by atoms with E-state index in [1.54, 1.807) is 7.11 Å². The zero-order valence-electron chi connectivity index (χ0n) is 12.4. The van der Waals surface area contributed by atoms with Gasteiger partial charge < -0.3 is 10.5 Å². The van der Waals surface area contributed by atoms with Gasteiger partial charge in [-0.3, -0.25) is 9.58 Å². The number of ether oxygens (including phenoxy) is 1. The second kappa shape index (κ2) is 6.18. The van der Waals surface area contributed by atoms with E-state index in [0.29, 0.717) is 11.9 Å². The molecule has 0 aliphatic carbocycles. The van der Waals surface area contributed by atoms with Gasteiger partial charge in [0.15, 0.2) is 0 Å². The number of hydrogen-bond acceptors (Lipinski definition) is 4. The molecule has 0 bridgehead atoms. The van der Waals surface area contributed by atoms with Crippen molar-refractivity contribution in [3.05, 3.63) is 42.1 Å². The van der Waals surface area contributed by atoms with Gasteiger partial charge in [-0.15, -0.1) is 0 Å². The molecular weight excluding hydrogens is 264 g/mol. The second-order valence-electron chi connectivity index (χ2n) is 5.58. The van der Waals surface area contributed by atoms with Crippen LogP contribution in [0.15, 0.2) is 36.5 Å². The summed E-state index contributed by atoms with van der Waals surface area (Å²) in [7, 11) is 1.70. The molecular formula is C16H22N4O. The van der Waals surface area contributed by atoms with E-state index in [1.807, 2.05) is 29.1 Å². The maximum atomic E-state index is 5.69. The number of anilines is 1. The van der Waals surface area contributed by atoms with E-state index in [2.05, 4.69) is 22.1 Å². The van der Waals surface area contributed by atoms with E-state index >= 15 is 0 Å². The molecule has 0 spiro atoms. The number of piperidine rings is 1. The molecule has 0 atom stereocenters. The third kappa shape index (κ3) is 3.36. The van der Waals surface area contributed by atoms with Gasteiger partial charge in [-0.1, -0.05) is 12.1 Å². The summed E-state index contributed by atoms with van der Waals surface area (Å²) in [6, 6.07) is 10.7. The number of benzene rings is 1. The van der Waals surface area contributed by atoms with E-state index in [9.17, 15) is 0 Å². The van der Waals surface area contributed by atoms with Crippen LogP contribution in [0.4, 0.5) is 5.82 Å². The lowest BCUT2D eigenvalue weighted by atomic mass is 10.0. The third-order valence-electron chi connectivity index (χ3n) is 4.13. The van der Waals surface area contributed by atoms with Crippen LogP contribution in [0.25, 0.3) is 0 Å². The highest BCUT2D eigenvalue weighted by Crippen LogP contribution is 2.23. The van der Waals surface area contributed by atoms with E-state index in [1.165, 1.54) is 5.56 Å². The molecule has 1 aliphatic heterocycles. The average molecular weight is 286 g/mol. The van der Waals surface area contributed by atoms with Gasteiger partial charge in [0.2, 0.25) is 0 Å². The third-order valence-corrected chi connectivity index (χ3v) is 4.13. The van der Waals surface area contributed by atoms with Gasteiger partial charge in [0.1, 0.15) is 11.6 Å². The van der Waals surface area contributed by atoms with Crippen LogP contribution in [0.2, 0.25) is 0 Å². The van der Waals surface area contributed by atoms with Crippen molar-refractivity contribution in [2.24, 2.45) is 0 Å². The predicted molar refractivity (Wildman–Crippen MR) is 83.2 cm³/mol. The molecule has 1 aliphatic rings. The Morgan fingerprint density at radius 3 is 2.48 bits per heavy atom. The highest BCUT2D eigenvalue weighted by atomic mass is 16.5. The Balaban J connectivity index is 1.53. The first-order chi connectivity index (χ1) is 10.2. The Labute approximate surface area is 125 Å². The Bertz CT molecular complexity index is 570. The molecule has 5 nitrogen and oxygen atoms in total. The Kier molecular flexibility index (Phi) is 4.10. The van der Waals surface area contributed by atoms with Gasteiger partial charge >= 0.3 is 0 Å². The highest BCUT2D eigenvalue weighted by molar-refractivity contribution is 5.27. The van der Waals surface area contributed by atoms with Crippen LogP contribution in [0, 0.1) is 0 Å². The van der Waals surface area contributed by atoms with Crippen molar-refractivity contribution >= 4 is 5.82 Å². The first kappa shape index (κ1) is 13.9. The number of nitrogens with two attached hydrogens (primary N) is 1. The van der Waals surface area contributed by atoms with Crippen LogP contribution in [-0.4, -0.2) is 34.9 Å². The topological polar surface area (TPSA) is 56.3 Å². The summed E-state index contributed by atoms with van der Waals surface area (Å²) in [4.78, 5) is 2.49. The molecule has 2 aromatic rings. The molecule has 1 aromatic heterocycles. The zero-order valence-corrected chi connectivity index (χ0v) is 12.4. The molecule has 1 aromatic carbocycles. The summed E-state index contributed by atoms with van der Waals surface area (Å²) in [6.07, 6.45) is 4.23. The lowest BCUT2D eigenvalue weighted by Gasteiger charge is -2.32. The second-order valence-corrected chi connectivity index (χ2v) is 5.58. The van der Waals surface area contributed by atoms with Crippen molar-refractivity contribution in [2.75, 3.05) is 25.9 Å². The molecule has 0 radical (unpaired) electrons. The van der Waals surface area contributed by atoms with E-state index in [-0.39, 0.29) is 0 Å². The first-order valence-corrected chi connectivity index (χ1v) is 7.40. The number of nitrogen functional groups attached to an aromatic ring is 1. The van der Waals surface area contributed by atoms with Gasteiger partial charge in [-0.2, -0.15) is 5.10 Å². The predicted octanol–water partition coefficient (Wildman–Crippen LogP) is 2.31. The van der Waals surface area contributed by atoms with Crippen LogP contribution in [0.3, 0.4) is 0 Å². The number of aromatic nitrogens is 2. The van der Waals surface area contributed by atoms with Gasteiger partial charge in [0, 0.05) is 25.8 Å². The smallest absolute Gasteiger partial charge is 0.145 e. The minimum atomic E-state index is 0.481. The van der Waals surface area contributed by atoms with Crippen LogP contribution in [0.1, 0.15) is 24.4 Å². The van der Waals surface area contributed by atoms with E-state index in [0.717, 1.165) is 38.2 Å². The molecule has 2 heterocycles. The summed E-state index contributed by atoms with van der Waals surface area (Å²) < 4.78 is 7.20. The number of methoxy groups -OCH3 is 1. The quantitative estimate of drug-likeness (QED) is 0.937. The van der Waals surface area contributed by atoms with Crippen molar-refractivity contribution in [1.82, 2.24) is 14.7 Å². The maximum absolute atomic E-state index is 5.69. The molecule has 112 valence electrons. The molecule has 0 amide bonds. The number of hydrogen-bond donors (Lipinski definition) is 1. The molecule has 5 heteroatoms. The summed E-state index contributed by atoms with van der Waals surface area (Å²) in [5.41, 5.74) is 7.02. The summed E-state index contributed by atoms with van der Waals surface area (Å²) in [6.45, 7) is 3.19. The number of nitrogens with zero attached hydrogens (tertiary/aromatic N) is 3. The molecule has 0 unspecified atom stereocenters. The van der Waals surface area contributed by atoms with E-state index in [4.69, 9.17) is 10.5 Å². The summed E-state index contributed by atoms with van der Waals surface area (Å²) in [5.74, 6) is 1.52. The maximum Gasteiger partial charge on any atom is 0.145 e. The van der Waals surface area contributed by atoms with Crippen molar-refractivity contribution in [1.29, 1.82) is 0 Å². The average Bonchev–Trinajstić information content (AvgIpc) is 2.95. The number of likely N-dealkylation sites (tertiary alicyclic amines) is 1. The van der Waals surface area contributed by atoms with Crippen molar-refractivity contribution in [3.63, 3.8) is 0 Å². The Hall–Kier alpha value is -2.01. The first-order valence-electron chi connectivity index (χ1n) is 7.40. The molecule has 1 fully saturated rings. The largest absolute Gasteiger partial charge is 0.497 e. The standard InChI is InChI=1S/C16H22N4O/c1-21-15-4-2-13(3-5-15)12-19-9-6-14(7-10-19)20-11-8-16(17)18-20/h2-5,8,11,14H,6-7,9-10,12H2,1H3,(H2,17,18). The molecule has 3 rings (SSSR count). The molecule has 2 N–H and O–H groups in total. The van der Waals surface area contributed by atoms with Crippen molar-refractivity contribution < 1.29 is 4.74 Å². The zero-order chi connectivity index (χ0) is 14.7. The van der Waals surface area contributed by atoms with E-state index < -0.39 is 0 Å². The minimum absolute atomic E-state index is 0.481. The van der Waals surface area contributed by atoms with Crippen molar-refractivity contribution in [3.8, 4) is 5.75 Å². The SMILES string of the molecule is COc1ccc(CN2CCC(n3ccc(N)n3)CC2)cc1. The van der Waals surface area contributed by atoms with Crippen LogP contribution < -0.4 is 10.5 Å². The van der Waals surface area contributed by atoms with Gasteiger partial charge in [-0.25, -0.2) is 0 Å². The molecule has 1 saturated heterocycles. The highest BCUT2D eigenvalue weighted by Gasteiger charge is 2.21. The van der Waals surface area contributed by atoms with Crippen LogP contribution in [-0.2, 0) is 6.54 Å². The lowest BCUT2D eigenvalue weighted by molar-refractivity contribution is 0.173. The Morgan fingerprint density at radius 1 is 1.19 bits per heavy atom.